The summed E-state index contributed by atoms with van der Waals surface area (Å²) >= 11 is 9.50. The van der Waals surface area contributed by atoms with Gasteiger partial charge in [0.25, 0.3) is 0 Å². The lowest BCUT2D eigenvalue weighted by molar-refractivity contribution is 0.103. The average molecular weight is 352 g/mol. The fourth-order valence-electron chi connectivity index (χ4n) is 2.27. The Kier molecular flexibility index (Phi) is 5.00. The van der Waals surface area contributed by atoms with E-state index in [2.05, 4.69) is 29.8 Å². The van der Waals surface area contributed by atoms with Gasteiger partial charge in [0.2, 0.25) is 0 Å². The number of halogens is 2. The van der Waals surface area contributed by atoms with Crippen LogP contribution in [0.1, 0.15) is 40.9 Å². The van der Waals surface area contributed by atoms with Crippen LogP contribution in [0.15, 0.2) is 40.9 Å². The molecule has 3 heteroatoms. The normalized spacial score (nSPS) is 10.6. The third-order valence-electron chi connectivity index (χ3n) is 3.41. The van der Waals surface area contributed by atoms with Gasteiger partial charge in [0.05, 0.1) is 5.02 Å². The number of ketones is 1. The van der Waals surface area contributed by atoms with Crippen LogP contribution in [0.3, 0.4) is 0 Å². The van der Waals surface area contributed by atoms with Crippen LogP contribution >= 0.6 is 27.5 Å². The molecule has 0 fully saturated rings. The molecule has 0 amide bonds. The van der Waals surface area contributed by atoms with Crippen LogP contribution in [0, 0.1) is 0 Å². The molecule has 0 unspecified atom stereocenters. The molecule has 2 aromatic carbocycles. The van der Waals surface area contributed by atoms with Crippen molar-refractivity contribution in [3.8, 4) is 0 Å². The highest BCUT2D eigenvalue weighted by atomic mass is 79.9. The first-order valence-corrected chi connectivity index (χ1v) is 7.85. The SMILES string of the molecule is CCc1ccc(C(=O)c2ccc(Br)cc2Cl)cc1CC. The van der Waals surface area contributed by atoms with Crippen molar-refractivity contribution in [1.29, 1.82) is 0 Å². The Hall–Kier alpha value is -1.12. The summed E-state index contributed by atoms with van der Waals surface area (Å²) < 4.78 is 0.870. The van der Waals surface area contributed by atoms with Crippen molar-refractivity contribution >= 4 is 33.3 Å². The van der Waals surface area contributed by atoms with Gasteiger partial charge in [-0.1, -0.05) is 53.5 Å². The molecule has 20 heavy (non-hydrogen) atoms. The van der Waals surface area contributed by atoms with Crippen molar-refractivity contribution in [2.75, 3.05) is 0 Å². The molecule has 0 N–H and O–H groups in total. The van der Waals surface area contributed by atoms with E-state index >= 15 is 0 Å². The lowest BCUT2D eigenvalue weighted by atomic mass is 9.96. The van der Waals surface area contributed by atoms with E-state index in [0.717, 1.165) is 17.3 Å². The average Bonchev–Trinajstić information content (AvgIpc) is 2.45. The zero-order valence-corrected chi connectivity index (χ0v) is 13.9. The Bertz CT molecular complexity index is 649. The summed E-state index contributed by atoms with van der Waals surface area (Å²) in [6.07, 6.45) is 1.91. The van der Waals surface area contributed by atoms with Gasteiger partial charge in [-0.2, -0.15) is 0 Å². The Morgan fingerprint density at radius 3 is 2.35 bits per heavy atom. The lowest BCUT2D eigenvalue weighted by Crippen LogP contribution is -2.04. The van der Waals surface area contributed by atoms with E-state index in [9.17, 15) is 4.79 Å². The largest absolute Gasteiger partial charge is 0.289 e. The lowest BCUT2D eigenvalue weighted by Gasteiger charge is -2.09. The van der Waals surface area contributed by atoms with Gasteiger partial charge in [0.15, 0.2) is 5.78 Å². The number of carbonyl (C=O) groups excluding carboxylic acids is 1. The fraction of sp³-hybridized carbons (Fsp3) is 0.235. The molecule has 0 heterocycles. The zero-order chi connectivity index (χ0) is 14.7. The molecule has 0 saturated carbocycles. The maximum atomic E-state index is 12.5. The topological polar surface area (TPSA) is 17.1 Å². The van der Waals surface area contributed by atoms with E-state index in [-0.39, 0.29) is 5.78 Å². The smallest absolute Gasteiger partial charge is 0.194 e. The predicted molar refractivity (Wildman–Crippen MR) is 87.8 cm³/mol. The first-order valence-electron chi connectivity index (χ1n) is 6.68. The number of hydrogen-bond acceptors (Lipinski definition) is 1. The van der Waals surface area contributed by atoms with Gasteiger partial charge in [-0.3, -0.25) is 4.79 Å². The molecular formula is C17H16BrClO. The van der Waals surface area contributed by atoms with E-state index in [1.54, 1.807) is 12.1 Å². The summed E-state index contributed by atoms with van der Waals surface area (Å²) in [7, 11) is 0. The maximum Gasteiger partial charge on any atom is 0.194 e. The van der Waals surface area contributed by atoms with Crippen molar-refractivity contribution in [3.63, 3.8) is 0 Å². The summed E-state index contributed by atoms with van der Waals surface area (Å²) in [5.74, 6) is -0.0279. The molecule has 2 rings (SSSR count). The van der Waals surface area contributed by atoms with Gasteiger partial charge in [-0.25, -0.2) is 0 Å². The van der Waals surface area contributed by atoms with Crippen molar-refractivity contribution in [3.05, 3.63) is 68.1 Å². The van der Waals surface area contributed by atoms with E-state index in [1.807, 2.05) is 24.3 Å². The molecule has 1 nitrogen and oxygen atoms in total. The minimum Gasteiger partial charge on any atom is -0.289 e. The first kappa shape index (κ1) is 15.3. The second-order valence-corrected chi connectivity index (χ2v) is 5.97. The Balaban J connectivity index is 2.43. The molecule has 104 valence electrons. The number of benzene rings is 2. The van der Waals surface area contributed by atoms with Crippen LogP contribution < -0.4 is 0 Å². The highest BCUT2D eigenvalue weighted by Crippen LogP contribution is 2.24. The number of hydrogen-bond donors (Lipinski definition) is 0. The second-order valence-electron chi connectivity index (χ2n) is 4.64. The summed E-state index contributed by atoms with van der Waals surface area (Å²) in [5.41, 5.74) is 3.77. The molecule has 0 bridgehead atoms. The number of aryl methyl sites for hydroxylation is 2. The third kappa shape index (κ3) is 3.13. The van der Waals surface area contributed by atoms with Gasteiger partial charge in [0.1, 0.15) is 0 Å². The Morgan fingerprint density at radius 1 is 1.05 bits per heavy atom. The summed E-state index contributed by atoms with van der Waals surface area (Å²) in [6.45, 7) is 4.23. The molecule has 0 aliphatic rings. The van der Waals surface area contributed by atoms with Crippen molar-refractivity contribution in [1.82, 2.24) is 0 Å². The molecule has 0 radical (unpaired) electrons. The zero-order valence-electron chi connectivity index (χ0n) is 11.5. The van der Waals surface area contributed by atoms with Crippen molar-refractivity contribution < 1.29 is 4.79 Å². The first-order chi connectivity index (χ1) is 9.56. The molecule has 0 spiro atoms. The Morgan fingerprint density at radius 2 is 1.75 bits per heavy atom. The minimum absolute atomic E-state index is 0.0279. The highest BCUT2D eigenvalue weighted by Gasteiger charge is 2.14. The predicted octanol–water partition coefficient (Wildman–Crippen LogP) is 5.46. The highest BCUT2D eigenvalue weighted by molar-refractivity contribution is 9.10. The van der Waals surface area contributed by atoms with Crippen LogP contribution in [-0.2, 0) is 12.8 Å². The van der Waals surface area contributed by atoms with Gasteiger partial charge in [-0.15, -0.1) is 0 Å². The van der Waals surface area contributed by atoms with E-state index < -0.39 is 0 Å². The molecule has 2 aromatic rings. The van der Waals surface area contributed by atoms with E-state index in [0.29, 0.717) is 16.1 Å². The standard InChI is InChI=1S/C17H16BrClO/c1-3-11-5-6-13(9-12(11)4-2)17(20)15-8-7-14(18)10-16(15)19/h5-10H,3-4H2,1-2H3. The number of carbonyl (C=O) groups is 1. The van der Waals surface area contributed by atoms with Crippen molar-refractivity contribution in [2.45, 2.75) is 26.7 Å². The monoisotopic (exact) mass is 350 g/mol. The fourth-order valence-corrected chi connectivity index (χ4v) is 3.03. The van der Waals surface area contributed by atoms with Crippen LogP contribution in [0.5, 0.6) is 0 Å². The van der Waals surface area contributed by atoms with Gasteiger partial charge >= 0.3 is 0 Å². The molecule has 0 aromatic heterocycles. The molecular weight excluding hydrogens is 336 g/mol. The number of rotatable bonds is 4. The van der Waals surface area contributed by atoms with Crippen LogP contribution in [0.2, 0.25) is 5.02 Å². The van der Waals surface area contributed by atoms with Crippen LogP contribution in [-0.4, -0.2) is 5.78 Å². The van der Waals surface area contributed by atoms with Crippen LogP contribution in [0.4, 0.5) is 0 Å². The molecule has 0 aliphatic heterocycles. The van der Waals surface area contributed by atoms with E-state index in [1.165, 1.54) is 11.1 Å². The van der Waals surface area contributed by atoms with Crippen molar-refractivity contribution in [2.24, 2.45) is 0 Å². The van der Waals surface area contributed by atoms with Gasteiger partial charge in [-0.05, 0) is 48.2 Å². The molecule has 0 atom stereocenters. The maximum absolute atomic E-state index is 12.5. The van der Waals surface area contributed by atoms with Gasteiger partial charge in [0, 0.05) is 15.6 Å². The third-order valence-corrected chi connectivity index (χ3v) is 4.21. The Labute approximate surface area is 133 Å². The molecule has 0 saturated heterocycles. The summed E-state index contributed by atoms with van der Waals surface area (Å²) in [6, 6.07) is 11.3. The van der Waals surface area contributed by atoms with E-state index in [4.69, 9.17) is 11.6 Å². The quantitative estimate of drug-likeness (QED) is 0.669. The minimum atomic E-state index is -0.0279. The van der Waals surface area contributed by atoms with Crippen LogP contribution in [0.25, 0.3) is 0 Å². The second kappa shape index (κ2) is 6.55. The molecule has 0 aliphatic carbocycles. The summed E-state index contributed by atoms with van der Waals surface area (Å²) in [4.78, 5) is 12.5. The van der Waals surface area contributed by atoms with Gasteiger partial charge < -0.3 is 0 Å². The summed E-state index contributed by atoms with van der Waals surface area (Å²) in [5, 5.41) is 0.474.